The maximum atomic E-state index is 15.2. The van der Waals surface area contributed by atoms with Crippen LogP contribution in [0.4, 0.5) is 4.79 Å². The van der Waals surface area contributed by atoms with Crippen LogP contribution in [0.15, 0.2) is 58.4 Å². The van der Waals surface area contributed by atoms with Gasteiger partial charge < -0.3 is 64.2 Å². The number of hydrogen-bond donors (Lipinski definition) is 5. The van der Waals surface area contributed by atoms with E-state index in [0.717, 1.165) is 12.7 Å². The van der Waals surface area contributed by atoms with Crippen LogP contribution in [-0.4, -0.2) is 135 Å². The minimum absolute atomic E-state index is 0.0182. The summed E-state index contributed by atoms with van der Waals surface area (Å²) in [7, 11) is 1.16. The summed E-state index contributed by atoms with van der Waals surface area (Å²) in [5, 5.41) is 61.3. The molecule has 376 valence electrons. The lowest BCUT2D eigenvalue weighted by atomic mass is 9.49. The van der Waals surface area contributed by atoms with E-state index in [1.54, 1.807) is 26.8 Å². The quantitative estimate of drug-likeness (QED) is 0.0557. The minimum Gasteiger partial charge on any atom is -0.762 e. The lowest BCUT2D eigenvalue weighted by molar-refractivity contribution is -0.280. The van der Waals surface area contributed by atoms with Gasteiger partial charge in [-0.05, 0) is 82.4 Å². The van der Waals surface area contributed by atoms with Crippen molar-refractivity contribution in [2.45, 2.75) is 167 Å². The Labute approximate surface area is 396 Å². The van der Waals surface area contributed by atoms with Gasteiger partial charge in [0.2, 0.25) is 5.78 Å². The third kappa shape index (κ3) is 9.02. The Morgan fingerprint density at radius 2 is 1.65 bits per heavy atom. The van der Waals surface area contributed by atoms with E-state index < -0.39 is 143 Å². The third-order valence-electron chi connectivity index (χ3n) is 16.0. The summed E-state index contributed by atoms with van der Waals surface area (Å²) in [4.78, 5) is 66.1. The van der Waals surface area contributed by atoms with Crippen LogP contribution >= 0.6 is 0 Å². The highest BCUT2D eigenvalue weighted by Gasteiger charge is 2.64. The van der Waals surface area contributed by atoms with Crippen molar-refractivity contribution < 1.29 is 77.7 Å². The molecule has 3 saturated heterocycles. The average molecular weight is 956 g/mol. The number of aliphatic hydroxyl groups is 3. The van der Waals surface area contributed by atoms with Crippen LogP contribution in [0.1, 0.15) is 94.4 Å². The van der Waals surface area contributed by atoms with Crippen molar-refractivity contribution in [1.29, 1.82) is 0 Å². The number of methoxy groups -OCH3 is 1. The smallest absolute Gasteiger partial charge is 0.407 e. The molecule has 0 aromatic rings. The standard InChI is InChI=1S/C49H67N2O17/c1-22-11-14-35(66-37-20-47(8,51(60)61)42(27(6)64-37)50-46(59)62-10)23(2)16-32-33(54)17-29(21-52)19-49(32)44(57)38(45(58)68-49)43(56)48(9)31(22)13-12-30-39(48)24(3)15-25(4)40(30)67-36-18-34(55)41(26(5)63-36)65-28(7)53/h11-13,16-17,21,24-27,30-37,39-42,54-56,60H,14-15,18-20H2,1-10H3,(H,50,59)/q-1/b22-11-,23-16-,43-38-/t24-,25-,26-,27+,30-,31-,32+,33-,34+,35-,36-,37-,39+,40+,41-,42-,47-,48+,49+/m0/s1. The number of aliphatic hydroxyl groups excluding tert-OH is 3. The molecule has 4 fully saturated rings. The van der Waals surface area contributed by atoms with Crippen LogP contribution in [0.25, 0.3) is 0 Å². The molecule has 1 saturated carbocycles. The monoisotopic (exact) mass is 955 g/mol. The number of allylic oxidation sites excluding steroid dienone is 3. The van der Waals surface area contributed by atoms with Gasteiger partial charge in [0, 0.05) is 43.4 Å². The number of ketones is 1. The zero-order valence-electron chi connectivity index (χ0n) is 40.3. The molecule has 1 amide bonds. The Balaban J connectivity index is 1.33. The molecule has 19 atom stereocenters. The van der Waals surface area contributed by atoms with Gasteiger partial charge in [0.15, 0.2) is 24.3 Å². The second-order valence-electron chi connectivity index (χ2n) is 20.5. The Morgan fingerprint density at radius 3 is 2.28 bits per heavy atom. The highest BCUT2D eigenvalue weighted by Crippen LogP contribution is 2.61. The molecule has 1 spiro atoms. The molecule has 3 aliphatic heterocycles. The van der Waals surface area contributed by atoms with Gasteiger partial charge in [-0.25, -0.2) is 9.59 Å². The molecular formula is C49H67N2O17-. The number of aldehydes is 1. The third-order valence-corrected chi connectivity index (χ3v) is 16.0. The molecular weight excluding hydrogens is 889 g/mol. The summed E-state index contributed by atoms with van der Waals surface area (Å²) < 4.78 is 42.1. The van der Waals surface area contributed by atoms with E-state index in [0.29, 0.717) is 18.3 Å². The number of hydrogen-bond acceptors (Lipinski definition) is 18. The predicted molar refractivity (Wildman–Crippen MR) is 238 cm³/mol. The van der Waals surface area contributed by atoms with Gasteiger partial charge in [-0.1, -0.05) is 50.6 Å². The van der Waals surface area contributed by atoms with Gasteiger partial charge in [0.05, 0.1) is 61.2 Å². The molecule has 3 heterocycles. The van der Waals surface area contributed by atoms with E-state index in [1.165, 1.54) is 19.9 Å². The molecule has 19 heteroatoms. The molecule has 0 aromatic heterocycles. The first-order chi connectivity index (χ1) is 31.9. The lowest BCUT2D eigenvalue weighted by Gasteiger charge is -2.56. The molecule has 5 N–H and O–H groups in total. The zero-order chi connectivity index (χ0) is 49.9. The zero-order valence-corrected chi connectivity index (χ0v) is 40.3. The molecule has 19 nitrogen and oxygen atoms in total. The average Bonchev–Trinajstić information content (AvgIpc) is 3.50. The van der Waals surface area contributed by atoms with Crippen LogP contribution in [-0.2, 0) is 52.3 Å². The van der Waals surface area contributed by atoms with E-state index >= 15 is 4.79 Å². The van der Waals surface area contributed by atoms with E-state index in [1.807, 2.05) is 39.0 Å². The van der Waals surface area contributed by atoms with Crippen molar-refractivity contribution in [2.75, 3.05) is 7.11 Å². The Morgan fingerprint density at radius 1 is 0.956 bits per heavy atom. The maximum Gasteiger partial charge on any atom is 0.407 e. The van der Waals surface area contributed by atoms with Crippen LogP contribution in [0, 0.1) is 46.1 Å². The van der Waals surface area contributed by atoms with Crippen molar-refractivity contribution >= 4 is 30.1 Å². The van der Waals surface area contributed by atoms with Crippen molar-refractivity contribution in [3.63, 3.8) is 0 Å². The van der Waals surface area contributed by atoms with Gasteiger partial charge >= 0.3 is 18.0 Å². The number of esters is 2. The number of hydroxylamine groups is 2. The Kier molecular flexibility index (Phi) is 14.8. The number of nitrogens with zero attached hydrogens (tertiary/aromatic N) is 1. The van der Waals surface area contributed by atoms with Gasteiger partial charge in [-0.15, -0.1) is 0 Å². The first-order valence-corrected chi connectivity index (χ1v) is 23.5. The highest BCUT2D eigenvalue weighted by atomic mass is 16.8. The summed E-state index contributed by atoms with van der Waals surface area (Å²) in [6.07, 6.45) is 0.0340. The largest absolute Gasteiger partial charge is 0.762 e. The Bertz CT molecular complexity index is 2160. The molecule has 68 heavy (non-hydrogen) atoms. The number of nitrogens with one attached hydrogen (secondary N) is 1. The fourth-order valence-electron chi connectivity index (χ4n) is 12.7. The highest BCUT2D eigenvalue weighted by molar-refractivity contribution is 6.26. The van der Waals surface area contributed by atoms with Crippen molar-refractivity contribution in [3.05, 3.63) is 63.6 Å². The SMILES string of the molecule is COC(=O)N[C@H]1[C@@H](C)O[C@@H](O[C@H]2C/C=C(/C)[C@@H]3C=C[C@@H]4[C@H](O[C@H]5C[C@@H](O)[C@@H](OC(C)=O)[C@H](C)O5)[C@@H](C)C[C@H](C)[C@H]4[C@]3(C)/C(O)=C3/C(=O)O[C@@]4(CC(C=O)=C[C@H](O)[C@H]4/C=C\2C)C3=O)C[C@]1(C)N([O-])O. The maximum absolute atomic E-state index is 15.2. The molecule has 0 aromatic carbocycles. The molecule has 0 radical (unpaired) electrons. The van der Waals surface area contributed by atoms with Gasteiger partial charge in [0.1, 0.15) is 17.6 Å². The first kappa shape index (κ1) is 51.5. The second kappa shape index (κ2) is 19.5. The van der Waals surface area contributed by atoms with Crippen LogP contribution in [0.3, 0.4) is 0 Å². The van der Waals surface area contributed by atoms with E-state index in [9.17, 15) is 44.9 Å². The lowest BCUT2D eigenvalue weighted by Crippen LogP contribution is -2.67. The van der Waals surface area contributed by atoms with E-state index in [2.05, 4.69) is 12.2 Å². The van der Waals surface area contributed by atoms with E-state index in [4.69, 9.17) is 33.2 Å². The number of fused-ring (bicyclic) bond motifs is 4. The van der Waals surface area contributed by atoms with Crippen molar-refractivity contribution in [3.8, 4) is 0 Å². The molecule has 2 bridgehead atoms. The van der Waals surface area contributed by atoms with Gasteiger partial charge in [-0.2, -0.15) is 0 Å². The van der Waals surface area contributed by atoms with E-state index in [-0.39, 0.29) is 41.9 Å². The van der Waals surface area contributed by atoms with Gasteiger partial charge in [0.25, 0.3) is 0 Å². The summed E-state index contributed by atoms with van der Waals surface area (Å²) in [6.45, 7) is 15.5. The van der Waals surface area contributed by atoms with Crippen LogP contribution in [0.2, 0.25) is 0 Å². The minimum atomic E-state index is -2.15. The first-order valence-electron chi connectivity index (χ1n) is 23.5. The second-order valence-corrected chi connectivity index (χ2v) is 20.5. The van der Waals surface area contributed by atoms with Crippen molar-refractivity contribution in [2.24, 2.45) is 40.9 Å². The number of alkyl carbamates (subject to hydrolysis) is 1. The summed E-state index contributed by atoms with van der Waals surface area (Å²) in [5.74, 6) is -6.07. The molecule has 7 rings (SSSR count). The Hall–Kier alpha value is -4.31. The summed E-state index contributed by atoms with van der Waals surface area (Å²) >= 11 is 0. The fourth-order valence-corrected chi connectivity index (χ4v) is 12.7. The summed E-state index contributed by atoms with van der Waals surface area (Å²) in [5.41, 5.74) is -4.56. The number of ether oxygens (including phenoxy) is 7. The fraction of sp³-hybridized carbons (Fsp3) is 0.694. The molecule has 4 aliphatic carbocycles. The topological polar surface area (TPSA) is 269 Å². The van der Waals surface area contributed by atoms with Crippen LogP contribution in [0.5, 0.6) is 0 Å². The molecule has 7 aliphatic rings. The van der Waals surface area contributed by atoms with Gasteiger partial charge in [-0.3, -0.25) is 19.6 Å². The number of rotatable bonds is 8. The number of Topliss-reactive ketones (excluding diaryl/α,β-unsaturated/α-hetero) is 1. The van der Waals surface area contributed by atoms with Crippen LogP contribution < -0.4 is 5.32 Å². The predicted octanol–water partition coefficient (Wildman–Crippen LogP) is 4.57. The molecule has 0 unspecified atom stereocenters. The van der Waals surface area contributed by atoms with Crippen molar-refractivity contribution in [1.82, 2.24) is 10.5 Å². The number of carbonyl (C=O) groups excluding carboxylic acids is 5. The number of carbonyl (C=O) groups is 5. The normalized spacial score (nSPS) is 46.6. The number of amides is 1. The summed E-state index contributed by atoms with van der Waals surface area (Å²) in [6, 6.07) is -1.04.